The lowest BCUT2D eigenvalue weighted by Crippen LogP contribution is -2.18. The normalized spacial score (nSPS) is 12.0. The minimum atomic E-state index is -0.575. The highest BCUT2D eigenvalue weighted by atomic mass is 16.5. The van der Waals surface area contributed by atoms with E-state index in [1.807, 2.05) is 20.8 Å². The average molecular weight is 268 g/mol. The third-order valence-electron chi connectivity index (χ3n) is 2.32. The summed E-state index contributed by atoms with van der Waals surface area (Å²) in [5.74, 6) is 0.529. The van der Waals surface area contributed by atoms with Crippen LogP contribution in [0.5, 0.6) is 0 Å². The number of rotatable bonds is 4. The fourth-order valence-corrected chi connectivity index (χ4v) is 1.39. The van der Waals surface area contributed by atoms with Crippen molar-refractivity contribution in [3.05, 3.63) is 28.2 Å². The van der Waals surface area contributed by atoms with Gasteiger partial charge in [-0.3, -0.25) is 0 Å². The highest BCUT2D eigenvalue weighted by molar-refractivity contribution is 4.98. The summed E-state index contributed by atoms with van der Waals surface area (Å²) in [5.41, 5.74) is -0.235. The van der Waals surface area contributed by atoms with Crippen molar-refractivity contribution in [1.82, 2.24) is 19.9 Å². The van der Waals surface area contributed by atoms with Crippen molar-refractivity contribution in [1.29, 1.82) is 0 Å². The first kappa shape index (κ1) is 13.5. The fraction of sp³-hybridized carbons (Fsp3) is 0.636. The quantitative estimate of drug-likeness (QED) is 0.805. The number of hydrogen-bond acceptors (Lipinski definition) is 7. The predicted octanol–water partition coefficient (Wildman–Crippen LogP) is 0.712. The largest absolute Gasteiger partial charge is 0.437 e. The highest BCUT2D eigenvalue weighted by Crippen LogP contribution is 2.19. The molecule has 0 bridgehead atoms. The molecule has 0 saturated heterocycles. The van der Waals surface area contributed by atoms with Crippen LogP contribution in [-0.4, -0.2) is 27.0 Å². The summed E-state index contributed by atoms with van der Waals surface area (Å²) in [6.45, 7) is 6.13. The van der Waals surface area contributed by atoms with Gasteiger partial charge >= 0.3 is 5.76 Å². The van der Waals surface area contributed by atoms with Crippen molar-refractivity contribution in [2.24, 2.45) is 0 Å². The van der Waals surface area contributed by atoms with Crippen molar-refractivity contribution >= 4 is 0 Å². The monoisotopic (exact) mass is 268 g/mol. The van der Waals surface area contributed by atoms with E-state index in [0.717, 1.165) is 4.68 Å². The zero-order chi connectivity index (χ0) is 14.0. The van der Waals surface area contributed by atoms with E-state index in [1.165, 1.54) is 7.11 Å². The van der Waals surface area contributed by atoms with Gasteiger partial charge < -0.3 is 13.7 Å². The number of ether oxygens (including phenoxy) is 1. The Morgan fingerprint density at radius 3 is 2.68 bits per heavy atom. The summed E-state index contributed by atoms with van der Waals surface area (Å²) in [4.78, 5) is 15.7. The zero-order valence-electron chi connectivity index (χ0n) is 11.3. The summed E-state index contributed by atoms with van der Waals surface area (Å²) in [6, 6.07) is 0. The molecule has 0 fully saturated rings. The molecule has 0 radical (unpaired) electrons. The molecule has 0 amide bonds. The van der Waals surface area contributed by atoms with Crippen LogP contribution in [0.1, 0.15) is 38.4 Å². The Morgan fingerprint density at radius 2 is 2.11 bits per heavy atom. The van der Waals surface area contributed by atoms with Gasteiger partial charge in [-0.2, -0.15) is 9.67 Å². The summed E-state index contributed by atoms with van der Waals surface area (Å²) in [5, 5.41) is 7.77. The number of hydrogen-bond donors (Lipinski definition) is 0. The van der Waals surface area contributed by atoms with Gasteiger partial charge in [-0.1, -0.05) is 25.9 Å². The first-order chi connectivity index (χ1) is 8.90. The van der Waals surface area contributed by atoms with Gasteiger partial charge in [0.2, 0.25) is 11.8 Å². The van der Waals surface area contributed by atoms with Crippen molar-refractivity contribution in [3.8, 4) is 0 Å². The maximum absolute atomic E-state index is 11.5. The predicted molar refractivity (Wildman–Crippen MR) is 63.6 cm³/mol. The van der Waals surface area contributed by atoms with Crippen LogP contribution in [0.2, 0.25) is 0 Å². The fourth-order valence-electron chi connectivity index (χ4n) is 1.39. The summed E-state index contributed by atoms with van der Waals surface area (Å²) in [6.07, 6.45) is 0. The molecule has 0 aliphatic heterocycles. The Morgan fingerprint density at radius 1 is 1.37 bits per heavy atom. The second-order valence-corrected chi connectivity index (χ2v) is 5.12. The summed E-state index contributed by atoms with van der Waals surface area (Å²) < 4.78 is 16.0. The van der Waals surface area contributed by atoms with Crippen molar-refractivity contribution < 1.29 is 13.7 Å². The second-order valence-electron chi connectivity index (χ2n) is 5.12. The molecule has 2 aromatic rings. The molecule has 2 rings (SSSR count). The van der Waals surface area contributed by atoms with Crippen molar-refractivity contribution in [2.45, 2.75) is 39.3 Å². The standard InChI is InChI=1S/C11H16N4O4/c1-11(2,3)9-12-7(14-19-9)5-15-10(16)18-8(13-15)6-17-4/h5-6H2,1-4H3. The molecule has 8 heteroatoms. The molecule has 0 aromatic carbocycles. The SMILES string of the molecule is COCc1nn(Cc2noc(C(C)(C)C)n2)c(=O)o1. The van der Waals surface area contributed by atoms with Gasteiger partial charge in [0.1, 0.15) is 13.2 Å². The minimum absolute atomic E-state index is 0.103. The van der Waals surface area contributed by atoms with E-state index >= 15 is 0 Å². The van der Waals surface area contributed by atoms with E-state index in [-0.39, 0.29) is 24.5 Å². The van der Waals surface area contributed by atoms with Gasteiger partial charge in [0.25, 0.3) is 0 Å². The molecular formula is C11H16N4O4. The Balaban J connectivity index is 2.17. The third kappa shape index (κ3) is 3.08. The Bertz CT molecular complexity index is 605. The van der Waals surface area contributed by atoms with Gasteiger partial charge in [0, 0.05) is 12.5 Å². The van der Waals surface area contributed by atoms with Gasteiger partial charge in [-0.15, -0.1) is 5.10 Å². The van der Waals surface area contributed by atoms with Crippen LogP contribution in [0, 0.1) is 0 Å². The van der Waals surface area contributed by atoms with E-state index in [2.05, 4.69) is 15.2 Å². The smallest absolute Gasteiger partial charge is 0.390 e. The van der Waals surface area contributed by atoms with Gasteiger partial charge in [-0.05, 0) is 0 Å². The highest BCUT2D eigenvalue weighted by Gasteiger charge is 2.22. The second kappa shape index (κ2) is 4.96. The molecule has 19 heavy (non-hydrogen) atoms. The molecule has 0 aliphatic rings. The molecule has 2 aromatic heterocycles. The van der Waals surface area contributed by atoms with Gasteiger partial charge in [-0.25, -0.2) is 4.79 Å². The summed E-state index contributed by atoms with van der Waals surface area (Å²) >= 11 is 0. The average Bonchev–Trinajstić information content (AvgIpc) is 2.87. The maximum Gasteiger partial charge on any atom is 0.437 e. The Hall–Kier alpha value is -1.96. The van der Waals surface area contributed by atoms with Crippen LogP contribution in [0.4, 0.5) is 0 Å². The summed E-state index contributed by atoms with van der Waals surface area (Å²) in [7, 11) is 1.49. The maximum atomic E-state index is 11.5. The van der Waals surface area contributed by atoms with Crippen LogP contribution >= 0.6 is 0 Å². The lowest BCUT2D eigenvalue weighted by molar-refractivity contribution is 0.158. The van der Waals surface area contributed by atoms with E-state index in [1.54, 1.807) is 0 Å². The van der Waals surface area contributed by atoms with Crippen molar-refractivity contribution in [2.75, 3.05) is 7.11 Å². The van der Waals surface area contributed by atoms with Crippen LogP contribution in [-0.2, 0) is 23.3 Å². The van der Waals surface area contributed by atoms with E-state index in [9.17, 15) is 4.79 Å². The lowest BCUT2D eigenvalue weighted by Gasteiger charge is -2.10. The molecule has 0 N–H and O–H groups in total. The number of nitrogens with zero attached hydrogens (tertiary/aromatic N) is 4. The van der Waals surface area contributed by atoms with Gasteiger partial charge in [0.05, 0.1) is 0 Å². The van der Waals surface area contributed by atoms with Crippen LogP contribution in [0.15, 0.2) is 13.7 Å². The van der Waals surface area contributed by atoms with Crippen LogP contribution in [0.25, 0.3) is 0 Å². The number of methoxy groups -OCH3 is 1. The first-order valence-corrected chi connectivity index (χ1v) is 5.79. The molecule has 104 valence electrons. The lowest BCUT2D eigenvalue weighted by atomic mass is 9.97. The zero-order valence-corrected chi connectivity index (χ0v) is 11.3. The Labute approximate surface area is 109 Å². The third-order valence-corrected chi connectivity index (χ3v) is 2.32. The molecular weight excluding hydrogens is 252 g/mol. The van der Waals surface area contributed by atoms with E-state index in [0.29, 0.717) is 11.7 Å². The molecule has 8 nitrogen and oxygen atoms in total. The topological polar surface area (TPSA) is 96.2 Å². The van der Waals surface area contributed by atoms with Gasteiger partial charge in [0.15, 0.2) is 5.82 Å². The van der Waals surface area contributed by atoms with E-state index in [4.69, 9.17) is 13.7 Å². The molecule has 0 spiro atoms. The molecule has 0 atom stereocenters. The molecule has 0 unspecified atom stereocenters. The van der Waals surface area contributed by atoms with E-state index < -0.39 is 5.76 Å². The Kier molecular flexibility index (Phi) is 3.52. The molecule has 0 aliphatic carbocycles. The van der Waals surface area contributed by atoms with Crippen LogP contribution in [0.3, 0.4) is 0 Å². The molecule has 0 saturated carbocycles. The van der Waals surface area contributed by atoms with Crippen molar-refractivity contribution in [3.63, 3.8) is 0 Å². The first-order valence-electron chi connectivity index (χ1n) is 5.79. The number of aromatic nitrogens is 4. The minimum Gasteiger partial charge on any atom is -0.390 e. The molecule has 2 heterocycles. The van der Waals surface area contributed by atoms with Crippen LogP contribution < -0.4 is 5.76 Å².